The van der Waals surface area contributed by atoms with Crippen molar-refractivity contribution < 1.29 is 32.5 Å². The Labute approximate surface area is 261 Å². The molecular weight excluding hydrogens is 592 g/mol. The van der Waals surface area contributed by atoms with E-state index < -0.39 is 23.7 Å². The largest absolute Gasteiger partial charge is 0.464 e. The maximum Gasteiger partial charge on any atom is 0.341 e. The van der Waals surface area contributed by atoms with Crippen LogP contribution < -0.4 is 9.47 Å². The molecule has 0 bridgehead atoms. The van der Waals surface area contributed by atoms with E-state index in [-0.39, 0.29) is 30.6 Å². The first kappa shape index (κ1) is 30.8. The van der Waals surface area contributed by atoms with Gasteiger partial charge in [-0.05, 0) is 76.4 Å². The molecule has 3 aliphatic rings. The van der Waals surface area contributed by atoms with Gasteiger partial charge in [0.05, 0.1) is 37.1 Å². The number of alkyl halides is 1. The molecule has 3 aliphatic heterocycles. The minimum atomic E-state index is -1.74. The first-order chi connectivity index (χ1) is 21.1. The fourth-order valence-corrected chi connectivity index (χ4v) is 6.58. The van der Waals surface area contributed by atoms with Gasteiger partial charge in [-0.1, -0.05) is 23.7 Å². The van der Waals surface area contributed by atoms with Crippen LogP contribution in [-0.2, 0) is 39.6 Å². The molecule has 1 aromatic heterocycles. The van der Waals surface area contributed by atoms with Gasteiger partial charge in [-0.25, -0.2) is 18.6 Å². The quantitative estimate of drug-likeness (QED) is 0.246. The summed E-state index contributed by atoms with van der Waals surface area (Å²) < 4.78 is 54.8. The molecule has 0 saturated carbocycles. The molecule has 3 atom stereocenters. The number of para-hydroxylation sites is 1. The Morgan fingerprint density at radius 1 is 1.20 bits per heavy atom. The van der Waals surface area contributed by atoms with Crippen LogP contribution in [0.2, 0.25) is 5.02 Å². The number of hydrogen-bond acceptors (Lipinski definition) is 7. The summed E-state index contributed by atoms with van der Waals surface area (Å²) in [4.78, 5) is 19.2. The molecule has 44 heavy (non-hydrogen) atoms. The molecule has 0 amide bonds. The third-order valence-electron chi connectivity index (χ3n) is 8.87. The maximum atomic E-state index is 14.8. The monoisotopic (exact) mass is 629 g/mol. The lowest BCUT2D eigenvalue weighted by molar-refractivity contribution is -0.149. The number of carbonyl (C=O) groups is 1. The number of aryl methyl sites for hydroxylation is 1. The van der Waals surface area contributed by atoms with Gasteiger partial charge in [-0.15, -0.1) is 0 Å². The molecule has 0 aliphatic carbocycles. The highest BCUT2D eigenvalue weighted by atomic mass is 35.5. The molecule has 2 saturated heterocycles. The van der Waals surface area contributed by atoms with E-state index in [1.165, 1.54) is 6.07 Å². The van der Waals surface area contributed by atoms with E-state index in [1.54, 1.807) is 26.0 Å². The lowest BCUT2D eigenvalue weighted by atomic mass is 9.88. The zero-order valence-electron chi connectivity index (χ0n) is 25.3. The summed E-state index contributed by atoms with van der Waals surface area (Å²) in [6, 6.07) is 10.3. The van der Waals surface area contributed by atoms with Crippen molar-refractivity contribution in [1.29, 1.82) is 0 Å². The normalized spacial score (nSPS) is 22.5. The first-order valence-corrected chi connectivity index (χ1v) is 15.7. The highest BCUT2D eigenvalue weighted by Gasteiger charge is 2.43. The standard InChI is InChI=1S/C33H38ClF2N3O5/c1-4-41-32(40)27(36)17-28-20(2)37-30(39(28)18-23-12-15-42-23)19-38-13-10-21(11-14-38)24-6-5-7-29-31(24)44-33(3,43-29)25-9-8-22(34)16-26(25)35/h5-9,16,21,23,27H,4,10-15,17-19H2,1-3H3. The second-order valence-electron chi connectivity index (χ2n) is 11.9. The Bertz CT molecular complexity index is 1520. The third-order valence-corrected chi connectivity index (χ3v) is 9.11. The minimum absolute atomic E-state index is 0.0573. The van der Waals surface area contributed by atoms with Gasteiger partial charge < -0.3 is 23.5 Å². The predicted octanol–water partition coefficient (Wildman–Crippen LogP) is 6.24. The zero-order chi connectivity index (χ0) is 31.0. The van der Waals surface area contributed by atoms with Crippen LogP contribution in [0.5, 0.6) is 11.5 Å². The Kier molecular flexibility index (Phi) is 8.86. The van der Waals surface area contributed by atoms with Gasteiger partial charge in [0.1, 0.15) is 11.6 Å². The molecule has 0 radical (unpaired) electrons. The highest BCUT2D eigenvalue weighted by Crippen LogP contribution is 2.49. The molecule has 236 valence electrons. The van der Waals surface area contributed by atoms with Crippen LogP contribution in [0.1, 0.15) is 67.4 Å². The number of rotatable bonds is 10. The summed E-state index contributed by atoms with van der Waals surface area (Å²) in [5.41, 5.74) is 2.77. The van der Waals surface area contributed by atoms with Gasteiger partial charge in [-0.3, -0.25) is 4.90 Å². The number of nitrogens with zero attached hydrogens (tertiary/aromatic N) is 3. The van der Waals surface area contributed by atoms with Crippen molar-refractivity contribution in [1.82, 2.24) is 14.5 Å². The SMILES string of the molecule is CCOC(=O)C(F)Cc1c(C)nc(CN2CCC(c3cccc4c3OC(C)(c3ccc(Cl)cc3F)O4)CC2)n1CC1CCO1. The summed E-state index contributed by atoms with van der Waals surface area (Å²) in [5.74, 6) is -0.286. The molecule has 3 unspecified atom stereocenters. The number of hydrogen-bond donors (Lipinski definition) is 0. The van der Waals surface area contributed by atoms with Crippen molar-refractivity contribution in [2.75, 3.05) is 26.3 Å². The van der Waals surface area contributed by atoms with Crippen LogP contribution in [0, 0.1) is 12.7 Å². The fourth-order valence-electron chi connectivity index (χ4n) is 6.42. The van der Waals surface area contributed by atoms with Gasteiger partial charge in [0.25, 0.3) is 5.79 Å². The number of benzene rings is 2. The number of fused-ring (bicyclic) bond motifs is 1. The van der Waals surface area contributed by atoms with Crippen LogP contribution in [0.25, 0.3) is 0 Å². The Morgan fingerprint density at radius 2 is 1.98 bits per heavy atom. The summed E-state index contributed by atoms with van der Waals surface area (Å²) in [6.45, 7) is 8.95. The number of likely N-dealkylation sites (tertiary alicyclic amines) is 1. The molecule has 2 fully saturated rings. The van der Waals surface area contributed by atoms with Crippen LogP contribution in [0.3, 0.4) is 0 Å². The van der Waals surface area contributed by atoms with Crippen molar-refractivity contribution in [3.05, 3.63) is 75.6 Å². The van der Waals surface area contributed by atoms with E-state index in [1.807, 2.05) is 23.6 Å². The van der Waals surface area contributed by atoms with E-state index in [0.29, 0.717) is 35.3 Å². The van der Waals surface area contributed by atoms with Gasteiger partial charge in [0.2, 0.25) is 6.17 Å². The molecule has 3 aromatic rings. The summed E-state index contributed by atoms with van der Waals surface area (Å²) in [6.07, 6.45) is 0.953. The number of aromatic nitrogens is 2. The van der Waals surface area contributed by atoms with Crippen molar-refractivity contribution in [3.8, 4) is 11.5 Å². The number of piperidine rings is 1. The zero-order valence-corrected chi connectivity index (χ0v) is 26.0. The van der Waals surface area contributed by atoms with Crippen molar-refractivity contribution in [2.45, 2.75) is 83.5 Å². The molecular formula is C33H38ClF2N3O5. The summed E-state index contributed by atoms with van der Waals surface area (Å²) >= 11 is 5.97. The Hall–Kier alpha value is -3.21. The third kappa shape index (κ3) is 6.17. The number of halogens is 3. The number of esters is 1. The van der Waals surface area contributed by atoms with Crippen LogP contribution in [-0.4, -0.2) is 59.0 Å². The predicted molar refractivity (Wildman–Crippen MR) is 160 cm³/mol. The average molecular weight is 630 g/mol. The van der Waals surface area contributed by atoms with Crippen molar-refractivity contribution in [3.63, 3.8) is 0 Å². The molecule has 0 N–H and O–H groups in total. The van der Waals surface area contributed by atoms with E-state index in [2.05, 4.69) is 11.0 Å². The number of imidazole rings is 1. The fraction of sp³-hybridized carbons (Fsp3) is 0.515. The topological polar surface area (TPSA) is 75.0 Å². The van der Waals surface area contributed by atoms with Gasteiger partial charge in [0.15, 0.2) is 11.5 Å². The average Bonchev–Trinajstić information content (AvgIpc) is 3.46. The molecule has 11 heteroatoms. The molecule has 8 nitrogen and oxygen atoms in total. The minimum Gasteiger partial charge on any atom is -0.464 e. The second kappa shape index (κ2) is 12.7. The molecule has 4 heterocycles. The van der Waals surface area contributed by atoms with E-state index in [9.17, 15) is 13.6 Å². The molecule has 6 rings (SSSR count). The van der Waals surface area contributed by atoms with Gasteiger partial charge >= 0.3 is 5.97 Å². The Balaban J connectivity index is 1.14. The second-order valence-corrected chi connectivity index (χ2v) is 12.3. The van der Waals surface area contributed by atoms with E-state index >= 15 is 0 Å². The van der Waals surface area contributed by atoms with Crippen molar-refractivity contribution >= 4 is 17.6 Å². The van der Waals surface area contributed by atoms with Crippen LogP contribution in [0.15, 0.2) is 36.4 Å². The smallest absolute Gasteiger partial charge is 0.341 e. The highest BCUT2D eigenvalue weighted by molar-refractivity contribution is 6.30. The summed E-state index contributed by atoms with van der Waals surface area (Å²) in [7, 11) is 0. The van der Waals surface area contributed by atoms with Crippen LogP contribution >= 0.6 is 11.6 Å². The van der Waals surface area contributed by atoms with Gasteiger partial charge in [-0.2, -0.15) is 0 Å². The molecule has 0 spiro atoms. The van der Waals surface area contributed by atoms with E-state index in [4.69, 9.17) is 35.5 Å². The van der Waals surface area contributed by atoms with Crippen molar-refractivity contribution in [2.24, 2.45) is 0 Å². The number of ether oxygens (including phenoxy) is 4. The Morgan fingerprint density at radius 3 is 2.66 bits per heavy atom. The molecule has 2 aromatic carbocycles. The van der Waals surface area contributed by atoms with E-state index in [0.717, 1.165) is 56.0 Å². The first-order valence-electron chi connectivity index (χ1n) is 15.3. The lowest BCUT2D eigenvalue weighted by Gasteiger charge is -2.33. The maximum absolute atomic E-state index is 14.8. The van der Waals surface area contributed by atoms with Gasteiger partial charge in [0, 0.05) is 36.2 Å². The van der Waals surface area contributed by atoms with Crippen LogP contribution in [0.4, 0.5) is 8.78 Å². The number of carbonyl (C=O) groups excluding carboxylic acids is 1. The lowest BCUT2D eigenvalue weighted by Crippen LogP contribution is -2.36. The summed E-state index contributed by atoms with van der Waals surface area (Å²) in [5, 5.41) is 0.311.